The van der Waals surface area contributed by atoms with Gasteiger partial charge in [0.15, 0.2) is 19.7 Å². The summed E-state index contributed by atoms with van der Waals surface area (Å²) < 4.78 is 2.12. The summed E-state index contributed by atoms with van der Waals surface area (Å²) in [5, 5.41) is 17.1. The molecule has 12 aromatic rings. The Kier molecular flexibility index (Phi) is 10.6. The summed E-state index contributed by atoms with van der Waals surface area (Å²) >= 11 is 0. The first-order valence-electron chi connectivity index (χ1n) is 24.3. The Morgan fingerprint density at radius 2 is 0.958 bits per heavy atom. The van der Waals surface area contributed by atoms with Gasteiger partial charge in [-0.1, -0.05) is 224 Å². The SMILES string of the molecule is N#Cc1ccc2c(c1)c1ccccc1n2-c1nc(-c2cccc(N3B(c4ccccc4)c4ccccc4-c4ccccc43)c2)nc(-c2cccc([Si](c3ccccc3)(c3ccccc3)c3ccccc3)c2)n1. The van der Waals surface area contributed by atoms with Crippen LogP contribution in [0.2, 0.25) is 0 Å². The molecule has 6 nitrogen and oxygen atoms in total. The molecule has 0 unspecified atom stereocenters. The van der Waals surface area contributed by atoms with Crippen LogP contribution >= 0.6 is 0 Å². The molecule has 1 aliphatic heterocycles. The molecule has 0 spiro atoms. The molecule has 72 heavy (non-hydrogen) atoms. The van der Waals surface area contributed by atoms with Crippen molar-refractivity contribution >= 4 is 79.8 Å². The lowest BCUT2D eigenvalue weighted by molar-refractivity contribution is 0.953. The van der Waals surface area contributed by atoms with Crippen LogP contribution in [0.25, 0.3) is 61.7 Å². The number of rotatable bonds is 9. The zero-order chi connectivity index (χ0) is 48.0. The van der Waals surface area contributed by atoms with Crippen molar-refractivity contribution < 1.29 is 0 Å². The predicted molar refractivity (Wildman–Crippen MR) is 299 cm³/mol. The third-order valence-corrected chi connectivity index (χ3v) is 19.0. The van der Waals surface area contributed by atoms with Crippen molar-refractivity contribution in [1.29, 1.82) is 5.26 Å². The molecule has 0 saturated carbocycles. The maximum absolute atomic E-state index is 10.0. The van der Waals surface area contributed by atoms with Crippen molar-refractivity contribution in [1.82, 2.24) is 19.5 Å². The standard InChI is InChI=1S/C64H43BN6Si/c66-44-45-39-40-60-57(41-45)56-35-14-17-37-59(56)70(60)64-68-62(46-21-19-25-49(42-46)71-61-38-18-15-34-55(61)54-33-13-16-36-58(54)65(71)48-23-5-1-6-24-48)67-63(69-64)47-22-20-32-53(43-47)72(50-26-7-2-8-27-50,51-28-9-3-10-29-51)52-30-11-4-12-31-52/h1-43H. The van der Waals surface area contributed by atoms with Crippen LogP contribution in [0.4, 0.5) is 11.4 Å². The summed E-state index contributed by atoms with van der Waals surface area (Å²) in [6.45, 7) is -0.0982. The van der Waals surface area contributed by atoms with Gasteiger partial charge in [0.1, 0.15) is 0 Å². The second-order valence-electron chi connectivity index (χ2n) is 18.2. The highest BCUT2D eigenvalue weighted by molar-refractivity contribution is 7.20. The van der Waals surface area contributed by atoms with Crippen molar-refractivity contribution in [2.24, 2.45) is 0 Å². The van der Waals surface area contributed by atoms with Gasteiger partial charge in [-0.3, -0.25) is 4.57 Å². The van der Waals surface area contributed by atoms with Crippen LogP contribution in [0.15, 0.2) is 261 Å². The van der Waals surface area contributed by atoms with E-state index < -0.39 is 8.07 Å². The van der Waals surface area contributed by atoms with Gasteiger partial charge in [0.25, 0.3) is 0 Å². The van der Waals surface area contributed by atoms with Crippen molar-refractivity contribution in [2.75, 3.05) is 4.81 Å². The predicted octanol–water partition coefficient (Wildman–Crippen LogP) is 10.5. The van der Waals surface area contributed by atoms with Crippen molar-refractivity contribution in [3.8, 4) is 45.9 Å². The van der Waals surface area contributed by atoms with E-state index in [1.54, 1.807) is 0 Å². The first kappa shape index (κ1) is 42.7. The molecule has 336 valence electrons. The van der Waals surface area contributed by atoms with Gasteiger partial charge in [0.05, 0.1) is 22.7 Å². The van der Waals surface area contributed by atoms with Crippen molar-refractivity contribution in [3.63, 3.8) is 0 Å². The summed E-state index contributed by atoms with van der Waals surface area (Å²) in [5.74, 6) is 1.58. The van der Waals surface area contributed by atoms with E-state index >= 15 is 0 Å². The number of hydrogen-bond donors (Lipinski definition) is 0. The molecule has 0 aliphatic carbocycles. The molecular formula is C64H43BN6Si. The molecule has 0 atom stereocenters. The molecule has 3 heterocycles. The fourth-order valence-corrected chi connectivity index (χ4v) is 15.9. The fraction of sp³-hybridized carbons (Fsp3) is 0. The van der Waals surface area contributed by atoms with E-state index in [-0.39, 0.29) is 6.85 Å². The van der Waals surface area contributed by atoms with E-state index in [1.165, 1.54) is 42.8 Å². The second-order valence-corrected chi connectivity index (χ2v) is 22.1. The van der Waals surface area contributed by atoms with E-state index in [0.29, 0.717) is 23.2 Å². The average molecular weight is 935 g/mol. The average Bonchev–Trinajstić information content (AvgIpc) is 3.80. The number of anilines is 2. The third kappa shape index (κ3) is 7.06. The highest BCUT2D eigenvalue weighted by Gasteiger charge is 2.42. The van der Waals surface area contributed by atoms with Gasteiger partial charge >= 0.3 is 6.85 Å². The summed E-state index contributed by atoms with van der Waals surface area (Å²) in [6.07, 6.45) is 0. The Bertz CT molecular complexity index is 3930. The Morgan fingerprint density at radius 1 is 0.417 bits per heavy atom. The van der Waals surface area contributed by atoms with E-state index in [2.05, 4.69) is 246 Å². The fourth-order valence-electron chi connectivity index (χ4n) is 11.2. The second kappa shape index (κ2) is 17.8. The molecule has 0 amide bonds. The normalized spacial score (nSPS) is 12.1. The molecule has 10 aromatic carbocycles. The quantitative estimate of drug-likeness (QED) is 0.107. The lowest BCUT2D eigenvalue weighted by atomic mass is 9.46. The molecular weight excluding hydrogens is 892 g/mol. The Labute approximate surface area is 419 Å². The highest BCUT2D eigenvalue weighted by atomic mass is 28.3. The van der Waals surface area contributed by atoms with Gasteiger partial charge in [-0.2, -0.15) is 15.2 Å². The molecule has 1 aliphatic rings. The van der Waals surface area contributed by atoms with Gasteiger partial charge in [0, 0.05) is 38.8 Å². The first-order chi connectivity index (χ1) is 35.7. The maximum Gasteiger partial charge on any atom is 0.328 e. The number of nitrogens with zero attached hydrogens (tertiary/aromatic N) is 6. The first-order valence-corrected chi connectivity index (χ1v) is 26.3. The van der Waals surface area contributed by atoms with E-state index in [0.717, 1.165) is 44.3 Å². The van der Waals surface area contributed by atoms with Crippen LogP contribution in [-0.4, -0.2) is 34.4 Å². The highest BCUT2D eigenvalue weighted by Crippen LogP contribution is 2.41. The summed E-state index contributed by atoms with van der Waals surface area (Å²) in [5.41, 5.74) is 11.2. The number of benzene rings is 10. The number of nitriles is 1. The summed E-state index contributed by atoms with van der Waals surface area (Å²) in [7, 11) is -2.91. The van der Waals surface area contributed by atoms with Gasteiger partial charge in [-0.15, -0.1) is 0 Å². The molecule has 0 fully saturated rings. The molecule has 0 saturated heterocycles. The molecule has 8 heteroatoms. The van der Waals surface area contributed by atoms with Crippen LogP contribution < -0.4 is 36.5 Å². The Balaban J connectivity index is 1.05. The van der Waals surface area contributed by atoms with Crippen molar-refractivity contribution in [3.05, 3.63) is 266 Å². The number of hydrogen-bond acceptors (Lipinski definition) is 5. The topological polar surface area (TPSA) is 70.6 Å². The van der Waals surface area contributed by atoms with E-state index in [1.807, 2.05) is 30.3 Å². The van der Waals surface area contributed by atoms with Gasteiger partial charge < -0.3 is 4.81 Å². The van der Waals surface area contributed by atoms with Crippen LogP contribution in [0.1, 0.15) is 5.56 Å². The zero-order valence-electron chi connectivity index (χ0n) is 39.1. The molecule has 13 rings (SSSR count). The van der Waals surface area contributed by atoms with Gasteiger partial charge in [-0.05, 0) is 74.2 Å². The molecule has 2 aromatic heterocycles. The summed E-state index contributed by atoms with van der Waals surface area (Å²) in [4.78, 5) is 18.8. The van der Waals surface area contributed by atoms with Crippen LogP contribution in [0, 0.1) is 11.3 Å². The molecule has 0 N–H and O–H groups in total. The minimum atomic E-state index is -2.91. The van der Waals surface area contributed by atoms with Gasteiger partial charge in [-0.25, -0.2) is 4.98 Å². The van der Waals surface area contributed by atoms with Crippen LogP contribution in [-0.2, 0) is 0 Å². The lowest BCUT2D eigenvalue weighted by Crippen LogP contribution is -2.74. The Hall–Kier alpha value is -9.42. The summed E-state index contributed by atoms with van der Waals surface area (Å²) in [6, 6.07) is 95.1. The van der Waals surface area contributed by atoms with Crippen LogP contribution in [0.3, 0.4) is 0 Å². The lowest BCUT2D eigenvalue weighted by Gasteiger charge is -2.39. The van der Waals surface area contributed by atoms with E-state index in [4.69, 9.17) is 15.0 Å². The minimum absolute atomic E-state index is 0.0982. The zero-order valence-corrected chi connectivity index (χ0v) is 40.1. The minimum Gasteiger partial charge on any atom is -0.376 e. The Morgan fingerprint density at radius 3 is 1.64 bits per heavy atom. The number of aromatic nitrogens is 4. The molecule has 0 radical (unpaired) electrons. The number of para-hydroxylation sites is 2. The van der Waals surface area contributed by atoms with Crippen molar-refractivity contribution in [2.45, 2.75) is 0 Å². The third-order valence-electron chi connectivity index (χ3n) is 14.3. The largest absolute Gasteiger partial charge is 0.376 e. The number of fused-ring (bicyclic) bond motifs is 6. The maximum atomic E-state index is 10.0. The van der Waals surface area contributed by atoms with Crippen LogP contribution in [0.5, 0.6) is 0 Å². The van der Waals surface area contributed by atoms with E-state index in [9.17, 15) is 5.26 Å². The molecule has 0 bridgehead atoms. The van der Waals surface area contributed by atoms with Gasteiger partial charge in [0.2, 0.25) is 5.95 Å². The smallest absolute Gasteiger partial charge is 0.328 e. The monoisotopic (exact) mass is 934 g/mol.